The SMILES string of the molecule is Cc1ccc(S(=O)(=O)Oc2ccc3c(c2C)[C@H](Cn2cc(-c4ccccc4)nn2)[C@@]24CC(=O)[C@@](C)(CC[C@@H]32)C4)cc1. The normalized spacial score (nSPS) is 26.6. The minimum Gasteiger partial charge on any atom is -0.379 e. The maximum absolute atomic E-state index is 13.4. The van der Waals surface area contributed by atoms with Gasteiger partial charge in [-0.2, -0.15) is 8.42 Å². The first-order valence-electron chi connectivity index (χ1n) is 14.2. The number of Topliss-reactive ketones (excluding diaryl/α,β-unsaturated/α-hetero) is 1. The Morgan fingerprint density at radius 1 is 1.02 bits per heavy atom. The van der Waals surface area contributed by atoms with Gasteiger partial charge in [0.1, 0.15) is 22.1 Å². The van der Waals surface area contributed by atoms with Gasteiger partial charge in [-0.15, -0.1) is 5.10 Å². The third kappa shape index (κ3) is 4.06. The van der Waals surface area contributed by atoms with Crippen LogP contribution in [0.5, 0.6) is 5.75 Å². The molecule has 3 aliphatic carbocycles. The number of carbonyl (C=O) groups is 1. The lowest BCUT2D eigenvalue weighted by Gasteiger charge is -2.42. The summed E-state index contributed by atoms with van der Waals surface area (Å²) in [5.41, 5.74) is 5.36. The van der Waals surface area contributed by atoms with Crippen molar-refractivity contribution in [2.45, 2.75) is 69.7 Å². The van der Waals surface area contributed by atoms with E-state index in [9.17, 15) is 13.2 Å². The van der Waals surface area contributed by atoms with Crippen molar-refractivity contribution in [1.29, 1.82) is 0 Å². The van der Waals surface area contributed by atoms with Crippen molar-refractivity contribution in [1.82, 2.24) is 15.0 Å². The van der Waals surface area contributed by atoms with Gasteiger partial charge in [0.15, 0.2) is 0 Å². The smallest absolute Gasteiger partial charge is 0.339 e. The predicted octanol–water partition coefficient (Wildman–Crippen LogP) is 6.36. The monoisotopic (exact) mass is 567 g/mol. The Morgan fingerprint density at radius 2 is 1.78 bits per heavy atom. The summed E-state index contributed by atoms with van der Waals surface area (Å²) in [6, 6.07) is 20.5. The molecule has 2 bridgehead atoms. The molecular weight excluding hydrogens is 534 g/mol. The summed E-state index contributed by atoms with van der Waals surface area (Å²) in [7, 11) is -4.01. The molecule has 0 N–H and O–H groups in total. The van der Waals surface area contributed by atoms with Crippen LogP contribution in [0, 0.1) is 24.7 Å². The van der Waals surface area contributed by atoms with Crippen LogP contribution in [-0.2, 0) is 21.5 Å². The molecule has 210 valence electrons. The van der Waals surface area contributed by atoms with E-state index in [1.54, 1.807) is 30.3 Å². The van der Waals surface area contributed by atoms with Crippen LogP contribution in [0.2, 0.25) is 0 Å². The molecule has 3 aromatic carbocycles. The average Bonchev–Trinajstić information content (AvgIpc) is 3.58. The highest BCUT2D eigenvalue weighted by molar-refractivity contribution is 7.87. The van der Waals surface area contributed by atoms with Gasteiger partial charge in [0.25, 0.3) is 0 Å². The van der Waals surface area contributed by atoms with Crippen LogP contribution in [-0.4, -0.2) is 29.2 Å². The highest BCUT2D eigenvalue weighted by Crippen LogP contribution is 2.72. The summed E-state index contributed by atoms with van der Waals surface area (Å²) in [4.78, 5) is 13.6. The second-order valence-electron chi connectivity index (χ2n) is 12.4. The zero-order valence-electron chi connectivity index (χ0n) is 23.5. The van der Waals surface area contributed by atoms with Crippen molar-refractivity contribution in [2.24, 2.45) is 10.8 Å². The lowest BCUT2D eigenvalue weighted by molar-refractivity contribution is -0.125. The molecule has 7 rings (SSSR count). The van der Waals surface area contributed by atoms with Crippen LogP contribution in [0.1, 0.15) is 66.7 Å². The maximum atomic E-state index is 13.4. The second kappa shape index (κ2) is 9.11. The molecule has 8 heteroatoms. The Morgan fingerprint density at radius 3 is 2.54 bits per heavy atom. The van der Waals surface area contributed by atoms with Crippen LogP contribution in [0.25, 0.3) is 11.3 Å². The van der Waals surface area contributed by atoms with Gasteiger partial charge >= 0.3 is 10.1 Å². The molecule has 2 saturated carbocycles. The van der Waals surface area contributed by atoms with Gasteiger partial charge in [0.2, 0.25) is 0 Å². The molecule has 4 aromatic rings. The summed E-state index contributed by atoms with van der Waals surface area (Å²) < 4.78 is 34.2. The molecule has 0 unspecified atom stereocenters. The number of aryl methyl sites for hydroxylation is 1. The molecule has 7 nitrogen and oxygen atoms in total. The molecule has 0 radical (unpaired) electrons. The van der Waals surface area contributed by atoms with Gasteiger partial charge in [0, 0.05) is 23.3 Å². The number of carbonyl (C=O) groups excluding carboxylic acids is 1. The minimum atomic E-state index is -4.01. The Kier molecular flexibility index (Phi) is 5.81. The number of nitrogens with zero attached hydrogens (tertiary/aromatic N) is 3. The summed E-state index contributed by atoms with van der Waals surface area (Å²) in [6.45, 7) is 6.55. The quantitative estimate of drug-likeness (QED) is 0.252. The highest BCUT2D eigenvalue weighted by atomic mass is 32.2. The number of benzene rings is 3. The summed E-state index contributed by atoms with van der Waals surface area (Å²) in [5, 5.41) is 8.94. The van der Waals surface area contributed by atoms with Gasteiger partial charge in [-0.25, -0.2) is 0 Å². The lowest BCUT2D eigenvalue weighted by atomic mass is 9.61. The van der Waals surface area contributed by atoms with Crippen molar-refractivity contribution in [3.63, 3.8) is 0 Å². The third-order valence-electron chi connectivity index (χ3n) is 9.96. The zero-order chi connectivity index (χ0) is 28.6. The van der Waals surface area contributed by atoms with Gasteiger partial charge in [-0.1, -0.05) is 66.2 Å². The van der Waals surface area contributed by atoms with E-state index in [4.69, 9.17) is 4.18 Å². The third-order valence-corrected chi connectivity index (χ3v) is 11.2. The number of rotatable bonds is 6. The van der Waals surface area contributed by atoms with E-state index in [1.807, 2.05) is 61.1 Å². The fourth-order valence-corrected chi connectivity index (χ4v) is 8.90. The zero-order valence-corrected chi connectivity index (χ0v) is 24.3. The first kappa shape index (κ1) is 26.1. The molecule has 1 aromatic heterocycles. The molecule has 1 spiro atoms. The number of aromatic nitrogens is 3. The topological polar surface area (TPSA) is 91.2 Å². The largest absolute Gasteiger partial charge is 0.379 e. The standard InChI is InChI=1S/C33H33N3O4S/c1-21-9-11-24(12-10-21)41(38,39)40-29-14-13-25-26-15-16-32(3)20-33(26,17-30(32)37)27(31(25)22(29)2)18-36-19-28(34-35-36)23-7-5-4-6-8-23/h4-14,19,26-27H,15-18,20H2,1-3H3/t26-,27-,32-,33+/m0/s1. The fourth-order valence-electron chi connectivity index (χ4n) is 7.91. The van der Waals surface area contributed by atoms with E-state index in [-0.39, 0.29) is 27.6 Å². The van der Waals surface area contributed by atoms with E-state index in [0.29, 0.717) is 24.5 Å². The van der Waals surface area contributed by atoms with Gasteiger partial charge in [-0.05, 0) is 79.3 Å². The highest BCUT2D eigenvalue weighted by Gasteiger charge is 2.65. The van der Waals surface area contributed by atoms with Crippen LogP contribution in [0.3, 0.4) is 0 Å². The van der Waals surface area contributed by atoms with Crippen LogP contribution in [0.15, 0.2) is 77.8 Å². The summed E-state index contributed by atoms with van der Waals surface area (Å²) >= 11 is 0. The Labute approximate surface area is 240 Å². The number of fused-ring (bicyclic) bond motifs is 3. The second-order valence-corrected chi connectivity index (χ2v) is 14.0. The average molecular weight is 568 g/mol. The van der Waals surface area contributed by atoms with Gasteiger partial charge in [-0.3, -0.25) is 9.48 Å². The fraction of sp³-hybridized carbons (Fsp3) is 0.364. The van der Waals surface area contributed by atoms with Crippen molar-refractivity contribution >= 4 is 15.9 Å². The first-order chi connectivity index (χ1) is 19.6. The van der Waals surface area contributed by atoms with Gasteiger partial charge in [0.05, 0.1) is 12.7 Å². The molecule has 41 heavy (non-hydrogen) atoms. The minimum absolute atomic E-state index is 0.0236. The van der Waals surface area contributed by atoms with E-state index in [2.05, 4.69) is 17.2 Å². The number of ketones is 1. The molecule has 0 aliphatic heterocycles. The Bertz CT molecular complexity index is 1780. The van der Waals surface area contributed by atoms with Gasteiger partial charge < -0.3 is 4.18 Å². The predicted molar refractivity (Wildman–Crippen MR) is 155 cm³/mol. The van der Waals surface area contributed by atoms with Crippen molar-refractivity contribution in [3.05, 3.63) is 95.2 Å². The Hall–Kier alpha value is -3.78. The summed E-state index contributed by atoms with van der Waals surface area (Å²) in [5.74, 6) is 0.891. The molecular formula is C33H33N3O4S. The molecule has 0 saturated heterocycles. The van der Waals surface area contributed by atoms with Crippen LogP contribution >= 0.6 is 0 Å². The molecule has 1 heterocycles. The van der Waals surface area contributed by atoms with Crippen LogP contribution < -0.4 is 4.18 Å². The summed E-state index contributed by atoms with van der Waals surface area (Å²) in [6.07, 6.45) is 5.16. The van der Waals surface area contributed by atoms with Crippen molar-refractivity contribution in [2.75, 3.05) is 0 Å². The van der Waals surface area contributed by atoms with E-state index < -0.39 is 10.1 Å². The molecule has 4 atom stereocenters. The molecule has 2 fully saturated rings. The van der Waals surface area contributed by atoms with Crippen LogP contribution in [0.4, 0.5) is 0 Å². The molecule has 0 amide bonds. The number of hydrogen-bond donors (Lipinski definition) is 0. The van der Waals surface area contributed by atoms with E-state index in [1.165, 1.54) is 5.56 Å². The molecule has 3 aliphatic rings. The van der Waals surface area contributed by atoms with E-state index >= 15 is 0 Å². The van der Waals surface area contributed by atoms with Crippen molar-refractivity contribution in [3.8, 4) is 17.0 Å². The van der Waals surface area contributed by atoms with Crippen molar-refractivity contribution < 1.29 is 17.4 Å². The number of hydrogen-bond acceptors (Lipinski definition) is 6. The Balaban J connectivity index is 1.31. The first-order valence-corrected chi connectivity index (χ1v) is 15.6. The van der Waals surface area contributed by atoms with E-state index in [0.717, 1.165) is 47.2 Å². The lowest BCUT2D eigenvalue weighted by Crippen LogP contribution is -2.35. The maximum Gasteiger partial charge on any atom is 0.339 e.